The Balaban J connectivity index is 1.42. The van der Waals surface area contributed by atoms with E-state index in [1.54, 1.807) is 5.57 Å². The topological polar surface area (TPSA) is 60.7 Å². The SMILES string of the molecule is C=C1[C@H](O)CC(=C/C=C2\CCC[C@]3(C)[C@@H]([C@@H](C)C(=C)CCC4(O)CCCC4)CC[C@@H]23)C[C@H]1O. The van der Waals surface area contributed by atoms with Crippen molar-refractivity contribution in [1.29, 1.82) is 0 Å². The first kappa shape index (κ1) is 24.9. The number of hydrogen-bond donors (Lipinski definition) is 3. The van der Waals surface area contributed by atoms with Crippen molar-refractivity contribution < 1.29 is 15.3 Å². The second kappa shape index (κ2) is 9.84. The summed E-state index contributed by atoms with van der Waals surface area (Å²) in [7, 11) is 0. The van der Waals surface area contributed by atoms with Gasteiger partial charge < -0.3 is 15.3 Å². The Morgan fingerprint density at radius 2 is 1.73 bits per heavy atom. The molecular formula is C30H46O3. The van der Waals surface area contributed by atoms with E-state index >= 15 is 0 Å². The molecule has 4 aliphatic rings. The summed E-state index contributed by atoms with van der Waals surface area (Å²) in [5.74, 6) is 1.78. The molecule has 4 fully saturated rings. The van der Waals surface area contributed by atoms with Gasteiger partial charge in [-0.15, -0.1) is 0 Å². The van der Waals surface area contributed by atoms with Gasteiger partial charge in [0, 0.05) is 0 Å². The maximum atomic E-state index is 10.8. The molecule has 0 amide bonds. The fraction of sp³-hybridized carbons (Fsp3) is 0.733. The minimum absolute atomic E-state index is 0.315. The molecule has 0 aromatic rings. The number of fused-ring (bicyclic) bond motifs is 1. The van der Waals surface area contributed by atoms with E-state index in [1.165, 1.54) is 44.1 Å². The van der Waals surface area contributed by atoms with Crippen LogP contribution in [0.4, 0.5) is 0 Å². The minimum Gasteiger partial charge on any atom is -0.390 e. The molecule has 4 saturated carbocycles. The second-order valence-corrected chi connectivity index (χ2v) is 12.1. The van der Waals surface area contributed by atoms with Crippen molar-refractivity contribution in [2.24, 2.45) is 23.2 Å². The fourth-order valence-corrected chi connectivity index (χ4v) is 7.71. The number of hydrogen-bond acceptors (Lipinski definition) is 3. The van der Waals surface area contributed by atoms with Gasteiger partial charge in [0.1, 0.15) is 0 Å². The molecule has 0 aromatic heterocycles. The molecule has 0 unspecified atom stereocenters. The van der Waals surface area contributed by atoms with Gasteiger partial charge in [0.05, 0.1) is 17.8 Å². The van der Waals surface area contributed by atoms with E-state index in [0.29, 0.717) is 41.6 Å². The maximum Gasteiger partial charge on any atom is 0.0809 e. The van der Waals surface area contributed by atoms with E-state index in [9.17, 15) is 15.3 Å². The highest BCUT2D eigenvalue weighted by Crippen LogP contribution is 2.60. The van der Waals surface area contributed by atoms with Gasteiger partial charge in [0.15, 0.2) is 0 Å². The van der Waals surface area contributed by atoms with E-state index in [-0.39, 0.29) is 0 Å². The van der Waals surface area contributed by atoms with Crippen molar-refractivity contribution in [3.63, 3.8) is 0 Å². The lowest BCUT2D eigenvalue weighted by atomic mass is 9.60. The van der Waals surface area contributed by atoms with Crippen molar-refractivity contribution in [3.8, 4) is 0 Å². The molecule has 3 heteroatoms. The number of aliphatic hydroxyl groups excluding tert-OH is 2. The van der Waals surface area contributed by atoms with Gasteiger partial charge in [-0.2, -0.15) is 0 Å². The molecule has 0 saturated heterocycles. The van der Waals surface area contributed by atoms with Gasteiger partial charge >= 0.3 is 0 Å². The third-order valence-corrected chi connectivity index (χ3v) is 10.0. The molecule has 0 heterocycles. The highest BCUT2D eigenvalue weighted by Gasteiger charge is 2.51. The number of allylic oxidation sites excluding steroid dienone is 4. The van der Waals surface area contributed by atoms with Crippen LogP contribution in [0.3, 0.4) is 0 Å². The lowest BCUT2D eigenvalue weighted by Gasteiger charge is -2.45. The molecule has 3 N–H and O–H groups in total. The highest BCUT2D eigenvalue weighted by molar-refractivity contribution is 5.30. The van der Waals surface area contributed by atoms with Gasteiger partial charge in [-0.05, 0) is 99.4 Å². The number of rotatable bonds is 6. The van der Waals surface area contributed by atoms with Crippen LogP contribution in [0, 0.1) is 23.2 Å². The molecule has 184 valence electrons. The summed E-state index contributed by atoms with van der Waals surface area (Å²) in [6.07, 6.45) is 16.7. The van der Waals surface area contributed by atoms with E-state index in [1.807, 2.05) is 0 Å². The molecule has 4 aliphatic carbocycles. The summed E-state index contributed by atoms with van der Waals surface area (Å²) in [6, 6.07) is 0. The summed E-state index contributed by atoms with van der Waals surface area (Å²) in [4.78, 5) is 0. The van der Waals surface area contributed by atoms with Crippen LogP contribution in [0.5, 0.6) is 0 Å². The largest absolute Gasteiger partial charge is 0.390 e. The third-order valence-electron chi connectivity index (χ3n) is 10.0. The first-order chi connectivity index (χ1) is 15.6. The summed E-state index contributed by atoms with van der Waals surface area (Å²) in [5, 5.41) is 31.1. The van der Waals surface area contributed by atoms with Gasteiger partial charge in [-0.1, -0.05) is 68.7 Å². The third kappa shape index (κ3) is 5.11. The molecule has 0 spiro atoms. The normalized spacial score (nSPS) is 38.4. The van der Waals surface area contributed by atoms with E-state index < -0.39 is 17.8 Å². The zero-order chi connectivity index (χ0) is 23.8. The second-order valence-electron chi connectivity index (χ2n) is 12.1. The highest BCUT2D eigenvalue weighted by atomic mass is 16.3. The Labute approximate surface area is 201 Å². The van der Waals surface area contributed by atoms with Gasteiger partial charge in [-0.3, -0.25) is 0 Å². The maximum absolute atomic E-state index is 10.8. The Hall–Kier alpha value is -1.16. The van der Waals surface area contributed by atoms with E-state index in [2.05, 4.69) is 39.2 Å². The van der Waals surface area contributed by atoms with Crippen molar-refractivity contribution in [2.45, 2.75) is 115 Å². The first-order valence-electron chi connectivity index (χ1n) is 13.5. The Morgan fingerprint density at radius 3 is 2.39 bits per heavy atom. The Kier molecular flexibility index (Phi) is 7.44. The molecule has 0 aromatic carbocycles. The van der Waals surface area contributed by atoms with Crippen molar-refractivity contribution >= 4 is 0 Å². The van der Waals surface area contributed by atoms with E-state index in [4.69, 9.17) is 0 Å². The van der Waals surface area contributed by atoms with Crippen molar-refractivity contribution in [3.05, 3.63) is 47.6 Å². The molecular weight excluding hydrogens is 408 g/mol. The molecule has 4 rings (SSSR count). The smallest absolute Gasteiger partial charge is 0.0809 e. The lowest BCUT2D eigenvalue weighted by Crippen LogP contribution is -2.36. The standard InChI is InChI=1S/C30H46O3/c1-20(13-17-30(33)15-5-6-16-30)21(2)25-11-12-26-24(8-7-14-29(25,26)4)10-9-23-18-27(31)22(3)28(32)19-23/h9-10,21,25-28,31-33H,1,3,5-8,11-19H2,2,4H3/b24-10+/t21-,25+,26-,27+,28+,29+/m0/s1. The van der Waals surface area contributed by atoms with Crippen LogP contribution in [0.1, 0.15) is 97.3 Å². The summed E-state index contributed by atoms with van der Waals surface area (Å²) >= 11 is 0. The lowest BCUT2D eigenvalue weighted by molar-refractivity contribution is 0.0374. The summed E-state index contributed by atoms with van der Waals surface area (Å²) in [6.45, 7) is 13.2. The Morgan fingerprint density at radius 1 is 1.06 bits per heavy atom. The van der Waals surface area contributed by atoms with Crippen LogP contribution < -0.4 is 0 Å². The first-order valence-corrected chi connectivity index (χ1v) is 13.5. The van der Waals surface area contributed by atoms with Crippen LogP contribution >= 0.6 is 0 Å². The van der Waals surface area contributed by atoms with Gasteiger partial charge in [0.25, 0.3) is 0 Å². The summed E-state index contributed by atoms with van der Waals surface area (Å²) in [5.41, 5.74) is 4.46. The van der Waals surface area contributed by atoms with E-state index in [0.717, 1.165) is 37.7 Å². The zero-order valence-corrected chi connectivity index (χ0v) is 21.0. The van der Waals surface area contributed by atoms with Gasteiger partial charge in [0.2, 0.25) is 0 Å². The van der Waals surface area contributed by atoms with Crippen molar-refractivity contribution in [2.75, 3.05) is 0 Å². The summed E-state index contributed by atoms with van der Waals surface area (Å²) < 4.78 is 0. The van der Waals surface area contributed by atoms with Crippen molar-refractivity contribution in [1.82, 2.24) is 0 Å². The molecule has 33 heavy (non-hydrogen) atoms. The molecule has 0 aliphatic heterocycles. The quantitative estimate of drug-likeness (QED) is 0.407. The molecule has 3 nitrogen and oxygen atoms in total. The minimum atomic E-state index is -0.625. The molecule has 0 radical (unpaired) electrons. The predicted octanol–water partition coefficient (Wildman–Crippen LogP) is 6.41. The Bertz CT molecular complexity index is 798. The average Bonchev–Trinajstić information content (AvgIpc) is 3.37. The van der Waals surface area contributed by atoms with Crippen LogP contribution in [-0.4, -0.2) is 33.1 Å². The van der Waals surface area contributed by atoms with Crippen LogP contribution in [0.15, 0.2) is 47.6 Å². The van der Waals surface area contributed by atoms with Crippen LogP contribution in [-0.2, 0) is 0 Å². The fourth-order valence-electron chi connectivity index (χ4n) is 7.71. The predicted molar refractivity (Wildman–Crippen MR) is 136 cm³/mol. The number of aliphatic hydroxyl groups is 3. The molecule has 0 bridgehead atoms. The molecule has 6 atom stereocenters. The monoisotopic (exact) mass is 454 g/mol. The van der Waals surface area contributed by atoms with Crippen LogP contribution in [0.25, 0.3) is 0 Å². The van der Waals surface area contributed by atoms with Gasteiger partial charge in [-0.25, -0.2) is 0 Å². The average molecular weight is 455 g/mol. The zero-order valence-electron chi connectivity index (χ0n) is 21.0. The van der Waals surface area contributed by atoms with Crippen LogP contribution in [0.2, 0.25) is 0 Å².